The molecule has 8 aromatic carbocycles. The topological polar surface area (TPSA) is 9.86 Å². The highest BCUT2D eigenvalue weighted by Crippen LogP contribution is 2.40. The standard InChI is InChI=1S/C45H30N2/c1-28(2)46-42-17-9-7-15-37(42)40-25-29(19-23-44(40)46)30-20-24-45-41(26-30)38-16-8-10-18-43(38)47(45)31-21-22-36-34-13-4-3-11-32(34)33-12-5-6-14-35(33)39(36)27-31/h3-27H,1H2,2H3. The van der Waals surface area contributed by atoms with E-state index in [-0.39, 0.29) is 0 Å². The zero-order valence-electron chi connectivity index (χ0n) is 26.0. The third-order valence-corrected chi connectivity index (χ3v) is 10.0. The first-order valence-electron chi connectivity index (χ1n) is 16.2. The van der Waals surface area contributed by atoms with Gasteiger partial charge >= 0.3 is 0 Å². The monoisotopic (exact) mass is 598 g/mol. The molecule has 0 aliphatic rings. The number of nitrogens with zero attached hydrogens (tertiary/aromatic N) is 2. The molecule has 0 bridgehead atoms. The molecule has 0 N–H and O–H groups in total. The second-order valence-corrected chi connectivity index (χ2v) is 12.7. The Balaban J connectivity index is 1.20. The van der Waals surface area contributed by atoms with Crippen molar-refractivity contribution in [1.82, 2.24) is 9.13 Å². The Morgan fingerprint density at radius 2 is 0.809 bits per heavy atom. The Morgan fingerprint density at radius 1 is 0.383 bits per heavy atom. The first-order valence-corrected chi connectivity index (χ1v) is 16.2. The van der Waals surface area contributed by atoms with E-state index in [1.807, 2.05) is 0 Å². The maximum Gasteiger partial charge on any atom is 0.0541 e. The van der Waals surface area contributed by atoms with Crippen molar-refractivity contribution in [3.8, 4) is 16.8 Å². The van der Waals surface area contributed by atoms with Crippen molar-refractivity contribution in [2.24, 2.45) is 0 Å². The minimum Gasteiger partial charge on any atom is -0.314 e. The summed E-state index contributed by atoms with van der Waals surface area (Å²) in [5, 5.41) is 12.8. The van der Waals surface area contributed by atoms with Gasteiger partial charge in [0.25, 0.3) is 0 Å². The van der Waals surface area contributed by atoms with Crippen molar-refractivity contribution in [2.75, 3.05) is 0 Å². The van der Waals surface area contributed by atoms with Crippen molar-refractivity contribution < 1.29 is 0 Å². The molecule has 2 nitrogen and oxygen atoms in total. The van der Waals surface area contributed by atoms with E-state index in [1.54, 1.807) is 0 Å². The predicted molar refractivity (Wildman–Crippen MR) is 203 cm³/mol. The van der Waals surface area contributed by atoms with Gasteiger partial charge in [0.05, 0.1) is 22.1 Å². The zero-order chi connectivity index (χ0) is 31.2. The van der Waals surface area contributed by atoms with Gasteiger partial charge in [-0.3, -0.25) is 0 Å². The van der Waals surface area contributed by atoms with Crippen LogP contribution in [0.15, 0.2) is 158 Å². The lowest BCUT2D eigenvalue weighted by atomic mass is 9.94. The number of rotatable bonds is 3. The molecule has 10 rings (SSSR count). The minimum absolute atomic E-state index is 1.02. The highest BCUT2D eigenvalue weighted by Gasteiger charge is 2.17. The van der Waals surface area contributed by atoms with Crippen LogP contribution < -0.4 is 0 Å². The van der Waals surface area contributed by atoms with Gasteiger partial charge in [0, 0.05) is 32.9 Å². The van der Waals surface area contributed by atoms with Crippen LogP contribution in [0.3, 0.4) is 0 Å². The molecule has 0 saturated heterocycles. The normalized spacial score (nSPS) is 12.0. The number of fused-ring (bicyclic) bond motifs is 12. The molecule has 0 atom stereocenters. The van der Waals surface area contributed by atoms with Gasteiger partial charge in [-0.1, -0.05) is 110 Å². The van der Waals surface area contributed by atoms with E-state index < -0.39 is 0 Å². The Morgan fingerprint density at radius 3 is 1.43 bits per heavy atom. The van der Waals surface area contributed by atoms with Crippen LogP contribution in [0.25, 0.3) is 98.4 Å². The van der Waals surface area contributed by atoms with E-state index in [1.165, 1.54) is 92.7 Å². The predicted octanol–water partition coefficient (Wildman–Crippen LogP) is 12.5. The largest absolute Gasteiger partial charge is 0.314 e. The molecule has 0 saturated carbocycles. The first kappa shape index (κ1) is 26.1. The first-order chi connectivity index (χ1) is 23.2. The Hall–Kier alpha value is -6.12. The van der Waals surface area contributed by atoms with Gasteiger partial charge < -0.3 is 9.13 Å². The van der Waals surface area contributed by atoms with Crippen molar-refractivity contribution in [3.05, 3.63) is 158 Å². The average molecular weight is 599 g/mol. The third kappa shape index (κ3) is 3.67. The summed E-state index contributed by atoms with van der Waals surface area (Å²) < 4.78 is 4.70. The lowest BCUT2D eigenvalue weighted by Crippen LogP contribution is -1.94. The summed E-state index contributed by atoms with van der Waals surface area (Å²) in [5.74, 6) is 0. The second kappa shape index (κ2) is 9.69. The van der Waals surface area contributed by atoms with Crippen molar-refractivity contribution in [3.63, 3.8) is 0 Å². The molecular weight excluding hydrogens is 569 g/mol. The molecule has 0 aliphatic carbocycles. The molecule has 2 heteroatoms. The van der Waals surface area contributed by atoms with Gasteiger partial charge in [-0.25, -0.2) is 0 Å². The van der Waals surface area contributed by atoms with Crippen LogP contribution in [0, 0.1) is 0 Å². The van der Waals surface area contributed by atoms with Crippen molar-refractivity contribution in [2.45, 2.75) is 6.92 Å². The Kier molecular flexibility index (Phi) is 5.39. The van der Waals surface area contributed by atoms with Crippen LogP contribution in [-0.2, 0) is 0 Å². The summed E-state index contributed by atoms with van der Waals surface area (Å²) in [6.07, 6.45) is 0. The molecule has 47 heavy (non-hydrogen) atoms. The van der Waals surface area contributed by atoms with Gasteiger partial charge in [0.2, 0.25) is 0 Å². The van der Waals surface area contributed by atoms with Crippen LogP contribution in [0.4, 0.5) is 0 Å². The van der Waals surface area contributed by atoms with E-state index in [0.29, 0.717) is 0 Å². The molecule has 0 unspecified atom stereocenters. The maximum absolute atomic E-state index is 4.27. The minimum atomic E-state index is 1.02. The Bertz CT molecular complexity index is 2900. The SMILES string of the molecule is C=C(C)n1c2ccccc2c2cc(-c3ccc4c(c3)c3ccccc3n4-c3ccc4c5ccccc5c5ccccc5c4c3)ccc21. The fourth-order valence-corrected chi connectivity index (χ4v) is 8.03. The molecule has 0 fully saturated rings. The third-order valence-electron chi connectivity index (χ3n) is 10.0. The van der Waals surface area contributed by atoms with E-state index >= 15 is 0 Å². The average Bonchev–Trinajstić information content (AvgIpc) is 3.64. The van der Waals surface area contributed by atoms with Crippen LogP contribution in [-0.4, -0.2) is 9.13 Å². The van der Waals surface area contributed by atoms with Crippen LogP contribution in [0.5, 0.6) is 0 Å². The summed E-state index contributed by atoms with van der Waals surface area (Å²) in [5.41, 5.74) is 9.43. The quantitative estimate of drug-likeness (QED) is 0.179. The smallest absolute Gasteiger partial charge is 0.0541 e. The molecule has 0 spiro atoms. The lowest BCUT2D eigenvalue weighted by molar-refractivity contribution is 1.19. The number of allylic oxidation sites excluding steroid dienone is 1. The second-order valence-electron chi connectivity index (χ2n) is 12.7. The van der Waals surface area contributed by atoms with Crippen LogP contribution >= 0.6 is 0 Å². The van der Waals surface area contributed by atoms with Crippen molar-refractivity contribution >= 4 is 81.6 Å². The van der Waals surface area contributed by atoms with Gasteiger partial charge in [-0.2, -0.15) is 0 Å². The molecule has 220 valence electrons. The van der Waals surface area contributed by atoms with Crippen LogP contribution in [0.2, 0.25) is 0 Å². The van der Waals surface area contributed by atoms with Gasteiger partial charge in [-0.15, -0.1) is 0 Å². The van der Waals surface area contributed by atoms with Gasteiger partial charge in [-0.05, 0) is 98.9 Å². The van der Waals surface area contributed by atoms with Gasteiger partial charge in [0.15, 0.2) is 0 Å². The number of para-hydroxylation sites is 2. The summed E-state index contributed by atoms with van der Waals surface area (Å²) >= 11 is 0. The summed E-state index contributed by atoms with van der Waals surface area (Å²) in [6.45, 7) is 6.35. The fraction of sp³-hybridized carbons (Fsp3) is 0.0222. The molecule has 0 radical (unpaired) electrons. The number of hydrogen-bond donors (Lipinski definition) is 0. The molecule has 2 aromatic heterocycles. The summed E-state index contributed by atoms with van der Waals surface area (Å²) in [6, 6.07) is 55.8. The van der Waals surface area contributed by atoms with Crippen LogP contribution in [0.1, 0.15) is 6.92 Å². The maximum atomic E-state index is 4.27. The van der Waals surface area contributed by atoms with E-state index in [2.05, 4.69) is 174 Å². The number of hydrogen-bond acceptors (Lipinski definition) is 0. The molecular formula is C45H30N2. The summed E-state index contributed by atoms with van der Waals surface area (Å²) in [7, 11) is 0. The zero-order valence-corrected chi connectivity index (χ0v) is 26.0. The summed E-state index contributed by atoms with van der Waals surface area (Å²) in [4.78, 5) is 0. The number of aromatic nitrogens is 2. The van der Waals surface area contributed by atoms with E-state index in [4.69, 9.17) is 0 Å². The number of benzene rings is 8. The molecule has 0 amide bonds. The highest BCUT2D eigenvalue weighted by molar-refractivity contribution is 6.25. The van der Waals surface area contributed by atoms with E-state index in [0.717, 1.165) is 5.70 Å². The fourth-order valence-electron chi connectivity index (χ4n) is 8.03. The van der Waals surface area contributed by atoms with Gasteiger partial charge in [0.1, 0.15) is 0 Å². The molecule has 0 aliphatic heterocycles. The molecule has 10 aromatic rings. The lowest BCUT2D eigenvalue weighted by Gasteiger charge is -2.14. The highest BCUT2D eigenvalue weighted by atomic mass is 15.0. The van der Waals surface area contributed by atoms with Crippen molar-refractivity contribution in [1.29, 1.82) is 0 Å². The molecule has 2 heterocycles. The van der Waals surface area contributed by atoms with E-state index in [9.17, 15) is 0 Å². The Labute approximate surface area is 272 Å².